The second kappa shape index (κ2) is 5.63. The van der Waals surface area contributed by atoms with Crippen LogP contribution in [0.25, 0.3) is 0 Å². The highest BCUT2D eigenvalue weighted by Crippen LogP contribution is 2.46. The Bertz CT molecular complexity index is 322. The second-order valence-corrected chi connectivity index (χ2v) is 7.56. The third kappa shape index (κ3) is 4.30. The molecule has 0 aromatic rings. The zero-order valence-corrected chi connectivity index (χ0v) is 12.9. The first-order valence-electron chi connectivity index (χ1n) is 7.20. The van der Waals surface area contributed by atoms with Crippen LogP contribution in [-0.2, 0) is 4.79 Å². The monoisotopic (exact) mass is 247 g/mol. The minimum Gasteiger partial charge on any atom is -0.296 e. The highest BCUT2D eigenvalue weighted by atomic mass is 16.1. The van der Waals surface area contributed by atoms with Gasteiger partial charge in [0.15, 0.2) is 0 Å². The first-order valence-corrected chi connectivity index (χ1v) is 7.20. The molecule has 0 aromatic heterocycles. The Kier molecular flexibility index (Phi) is 4.86. The summed E-state index contributed by atoms with van der Waals surface area (Å²) >= 11 is 0. The molecular weight excluding hydrogens is 219 g/mol. The van der Waals surface area contributed by atoms with Crippen molar-refractivity contribution in [3.05, 3.63) is 12.2 Å². The van der Waals surface area contributed by atoms with Gasteiger partial charge in [-0.15, -0.1) is 0 Å². The van der Waals surface area contributed by atoms with E-state index in [2.05, 4.69) is 54.9 Å². The molecule has 0 saturated carbocycles. The van der Waals surface area contributed by atoms with Gasteiger partial charge in [0.05, 0.1) is 0 Å². The fraction of sp³-hybridized carbons (Fsp3) is 0.812. The maximum absolute atomic E-state index is 11.3. The summed E-state index contributed by atoms with van der Waals surface area (Å²) in [6.07, 6.45) is 6.90. The topological polar surface area (TPSA) is 17.1 Å². The van der Waals surface area contributed by atoms with Gasteiger partial charge in [0, 0.05) is 0 Å². The van der Waals surface area contributed by atoms with Crippen LogP contribution in [0, 0.1) is 16.7 Å². The molecule has 0 aromatic carbocycles. The van der Waals surface area contributed by atoms with Gasteiger partial charge < -0.3 is 0 Å². The van der Waals surface area contributed by atoms with E-state index in [-0.39, 0.29) is 5.78 Å². The molecule has 1 heterocycles. The van der Waals surface area contributed by atoms with Crippen molar-refractivity contribution >= 4 is 13.1 Å². The molecule has 2 atom stereocenters. The lowest BCUT2D eigenvalue weighted by molar-refractivity contribution is -0.112. The van der Waals surface area contributed by atoms with E-state index in [0.29, 0.717) is 28.9 Å². The van der Waals surface area contributed by atoms with Crippen molar-refractivity contribution in [1.29, 1.82) is 0 Å². The number of ketones is 1. The van der Waals surface area contributed by atoms with Crippen LogP contribution in [0.15, 0.2) is 12.2 Å². The summed E-state index contributed by atoms with van der Waals surface area (Å²) in [5.41, 5.74) is 0.652. The SMILES string of the molecule is CCC(C)(C)C(CC(C)(C)C)C1[B]CC(=O)C=C1. The summed E-state index contributed by atoms with van der Waals surface area (Å²) in [4.78, 5) is 11.3. The van der Waals surface area contributed by atoms with Crippen LogP contribution in [0.1, 0.15) is 54.4 Å². The fourth-order valence-electron chi connectivity index (χ4n) is 2.77. The molecule has 0 amide bonds. The van der Waals surface area contributed by atoms with Gasteiger partial charge in [-0.05, 0) is 41.4 Å². The average molecular weight is 247 g/mol. The van der Waals surface area contributed by atoms with Gasteiger partial charge in [-0.2, -0.15) is 0 Å². The van der Waals surface area contributed by atoms with Crippen molar-refractivity contribution < 1.29 is 4.79 Å². The standard InChI is InChI=1S/C16H28BO/c1-7-16(5,6)13(10-15(2,3)4)14-9-8-12(18)11-17-14/h8-9,13-14H,7,10-11H2,1-6H3. The average Bonchev–Trinajstić information content (AvgIpc) is 2.26. The van der Waals surface area contributed by atoms with Crippen molar-refractivity contribution in [2.24, 2.45) is 16.7 Å². The fourth-order valence-corrected chi connectivity index (χ4v) is 2.77. The quantitative estimate of drug-likeness (QED) is 0.667. The summed E-state index contributed by atoms with van der Waals surface area (Å²) < 4.78 is 0. The van der Waals surface area contributed by atoms with E-state index < -0.39 is 0 Å². The molecule has 1 aliphatic heterocycles. The summed E-state index contributed by atoms with van der Waals surface area (Å²) in [6.45, 7) is 13.9. The van der Waals surface area contributed by atoms with E-state index in [4.69, 9.17) is 0 Å². The molecule has 1 aliphatic rings. The summed E-state index contributed by atoms with van der Waals surface area (Å²) in [6, 6.07) is 0. The number of hydrogen-bond acceptors (Lipinski definition) is 1. The summed E-state index contributed by atoms with van der Waals surface area (Å²) in [5.74, 6) is 1.32. The van der Waals surface area contributed by atoms with Crippen molar-refractivity contribution in [1.82, 2.24) is 0 Å². The minimum atomic E-state index is 0.245. The third-order valence-corrected chi connectivity index (χ3v) is 4.31. The van der Waals surface area contributed by atoms with Gasteiger partial charge in [0.2, 0.25) is 0 Å². The number of carbonyl (C=O) groups excluding carboxylic acids is 1. The molecule has 0 bridgehead atoms. The number of rotatable bonds is 4. The Morgan fingerprint density at radius 1 is 1.33 bits per heavy atom. The van der Waals surface area contributed by atoms with Crippen molar-refractivity contribution in [3.63, 3.8) is 0 Å². The largest absolute Gasteiger partial charge is 0.296 e. The van der Waals surface area contributed by atoms with E-state index in [0.717, 1.165) is 0 Å². The molecule has 0 aliphatic carbocycles. The number of hydrogen-bond donors (Lipinski definition) is 0. The van der Waals surface area contributed by atoms with Crippen LogP contribution in [-0.4, -0.2) is 13.1 Å². The van der Waals surface area contributed by atoms with Gasteiger partial charge >= 0.3 is 0 Å². The minimum absolute atomic E-state index is 0.245. The number of allylic oxidation sites excluding steroid dienone is 2. The van der Waals surface area contributed by atoms with E-state index >= 15 is 0 Å². The normalized spacial score (nSPS) is 22.8. The molecule has 0 fully saturated rings. The first kappa shape index (κ1) is 15.5. The predicted octanol–water partition coefficient (Wildman–Crippen LogP) is 4.52. The molecule has 0 N–H and O–H groups in total. The molecule has 1 rings (SSSR count). The maximum Gasteiger partial charge on any atom is 0.147 e. The molecule has 0 saturated heterocycles. The van der Waals surface area contributed by atoms with Crippen molar-refractivity contribution in [2.45, 2.75) is 66.5 Å². The van der Waals surface area contributed by atoms with Crippen LogP contribution in [0.4, 0.5) is 0 Å². The zero-order valence-electron chi connectivity index (χ0n) is 12.9. The van der Waals surface area contributed by atoms with Crippen LogP contribution < -0.4 is 0 Å². The van der Waals surface area contributed by atoms with Gasteiger partial charge in [-0.3, -0.25) is 4.79 Å². The van der Waals surface area contributed by atoms with E-state index in [1.807, 2.05) is 0 Å². The molecule has 18 heavy (non-hydrogen) atoms. The molecule has 101 valence electrons. The Hall–Kier alpha value is -0.525. The lowest BCUT2D eigenvalue weighted by Crippen LogP contribution is -2.34. The molecule has 2 heteroatoms. The number of carbonyl (C=O) groups is 1. The van der Waals surface area contributed by atoms with Crippen molar-refractivity contribution in [3.8, 4) is 0 Å². The van der Waals surface area contributed by atoms with E-state index in [9.17, 15) is 4.79 Å². The highest BCUT2D eigenvalue weighted by Gasteiger charge is 2.36. The summed E-state index contributed by atoms with van der Waals surface area (Å²) in [7, 11) is 2.22. The molecule has 1 radical (unpaired) electrons. The first-order chi connectivity index (χ1) is 8.15. The van der Waals surface area contributed by atoms with E-state index in [1.165, 1.54) is 12.8 Å². The Balaban J connectivity index is 2.91. The summed E-state index contributed by atoms with van der Waals surface area (Å²) in [5, 5.41) is 0. The van der Waals surface area contributed by atoms with Crippen LogP contribution in [0.2, 0.25) is 12.1 Å². The predicted molar refractivity (Wildman–Crippen MR) is 80.1 cm³/mol. The lowest BCUT2D eigenvalue weighted by Gasteiger charge is -2.42. The van der Waals surface area contributed by atoms with Gasteiger partial charge in [0.25, 0.3) is 0 Å². The zero-order chi connectivity index (χ0) is 14.0. The van der Waals surface area contributed by atoms with Crippen LogP contribution >= 0.6 is 0 Å². The van der Waals surface area contributed by atoms with Gasteiger partial charge in [0.1, 0.15) is 13.1 Å². The molecule has 1 nitrogen and oxygen atoms in total. The maximum atomic E-state index is 11.3. The smallest absolute Gasteiger partial charge is 0.147 e. The Labute approximate surface area is 114 Å². The Morgan fingerprint density at radius 2 is 1.94 bits per heavy atom. The van der Waals surface area contributed by atoms with Gasteiger partial charge in [-0.25, -0.2) is 0 Å². The van der Waals surface area contributed by atoms with Crippen LogP contribution in [0.3, 0.4) is 0 Å². The second-order valence-electron chi connectivity index (χ2n) is 7.56. The molecule has 0 spiro atoms. The van der Waals surface area contributed by atoms with E-state index in [1.54, 1.807) is 6.08 Å². The Morgan fingerprint density at radius 3 is 2.33 bits per heavy atom. The molecular formula is C16H28BO. The lowest BCUT2D eigenvalue weighted by atomic mass is 9.48. The molecule has 2 unspecified atom stereocenters. The van der Waals surface area contributed by atoms with Gasteiger partial charge in [-0.1, -0.05) is 54.0 Å². The highest BCUT2D eigenvalue weighted by molar-refractivity contribution is 6.46. The third-order valence-electron chi connectivity index (χ3n) is 4.31. The van der Waals surface area contributed by atoms with Crippen molar-refractivity contribution in [2.75, 3.05) is 0 Å². The van der Waals surface area contributed by atoms with Crippen LogP contribution in [0.5, 0.6) is 0 Å².